The zero-order valence-corrected chi connectivity index (χ0v) is 8.10. The topological polar surface area (TPSA) is 12.0 Å². The van der Waals surface area contributed by atoms with E-state index >= 15 is 0 Å². The molecule has 1 atom stereocenters. The number of nitrogens with one attached hydrogen (secondary N) is 1. The molecule has 0 amide bonds. The molecule has 0 aliphatic carbocycles. The molecule has 1 aromatic rings. The third kappa shape index (κ3) is 1.75. The lowest BCUT2D eigenvalue weighted by molar-refractivity contribution is 0.520. The van der Waals surface area contributed by atoms with Gasteiger partial charge in [-0.15, -0.1) is 23.7 Å². The molecule has 1 aromatic heterocycles. The third-order valence-electron chi connectivity index (χ3n) is 1.97. The minimum atomic E-state index is 0. The smallest absolute Gasteiger partial charge is 0.0219 e. The van der Waals surface area contributed by atoms with Crippen molar-refractivity contribution in [2.24, 2.45) is 0 Å². The van der Waals surface area contributed by atoms with E-state index < -0.39 is 0 Å². The van der Waals surface area contributed by atoms with Crippen LogP contribution < -0.4 is 5.32 Å². The van der Waals surface area contributed by atoms with E-state index in [1.54, 1.807) is 4.88 Å². The molecule has 2 heterocycles. The molecule has 0 saturated carbocycles. The van der Waals surface area contributed by atoms with Gasteiger partial charge in [0.1, 0.15) is 0 Å². The van der Waals surface area contributed by atoms with Crippen LogP contribution >= 0.6 is 23.7 Å². The predicted molar refractivity (Wildman–Crippen MR) is 51.6 cm³/mol. The molecule has 1 aliphatic rings. The van der Waals surface area contributed by atoms with Crippen molar-refractivity contribution >= 4 is 23.7 Å². The summed E-state index contributed by atoms with van der Waals surface area (Å²) >= 11 is 1.89. The highest BCUT2D eigenvalue weighted by Gasteiger charge is 2.13. The molecule has 62 valence electrons. The van der Waals surface area contributed by atoms with Crippen molar-refractivity contribution in [3.8, 4) is 0 Å². The van der Waals surface area contributed by atoms with Crippen molar-refractivity contribution in [3.63, 3.8) is 0 Å². The lowest BCUT2D eigenvalue weighted by atomic mass is 10.1. The van der Waals surface area contributed by atoms with Crippen molar-refractivity contribution in [1.82, 2.24) is 5.32 Å². The van der Waals surface area contributed by atoms with Gasteiger partial charge in [0, 0.05) is 17.5 Å². The van der Waals surface area contributed by atoms with Crippen molar-refractivity contribution in [2.75, 3.05) is 0 Å². The maximum absolute atomic E-state index is 3.43. The molecular weight excluding hydrogens is 178 g/mol. The maximum atomic E-state index is 3.43. The Kier molecular flexibility index (Phi) is 2.93. The molecule has 2 rings (SSSR count). The van der Waals surface area contributed by atoms with Gasteiger partial charge < -0.3 is 5.32 Å². The van der Waals surface area contributed by atoms with Crippen LogP contribution in [0.1, 0.15) is 17.4 Å². The Morgan fingerprint density at radius 1 is 1.64 bits per heavy atom. The first-order valence-corrected chi connectivity index (χ1v) is 4.53. The Bertz CT molecular complexity index is 234. The van der Waals surface area contributed by atoms with Gasteiger partial charge in [0.25, 0.3) is 0 Å². The summed E-state index contributed by atoms with van der Waals surface area (Å²) in [6, 6.07) is 2.89. The second-order valence-corrected chi connectivity index (χ2v) is 3.86. The van der Waals surface area contributed by atoms with Crippen LogP contribution in [0.5, 0.6) is 0 Å². The van der Waals surface area contributed by atoms with E-state index in [1.807, 2.05) is 11.3 Å². The summed E-state index contributed by atoms with van der Waals surface area (Å²) in [5.41, 5.74) is 1.50. The minimum absolute atomic E-state index is 0. The molecule has 0 fully saturated rings. The zero-order valence-electron chi connectivity index (χ0n) is 6.46. The average molecular weight is 190 g/mol. The van der Waals surface area contributed by atoms with Crippen molar-refractivity contribution in [2.45, 2.75) is 25.9 Å². The summed E-state index contributed by atoms with van der Waals surface area (Å²) in [5.74, 6) is 0. The van der Waals surface area contributed by atoms with Crippen LogP contribution in [0, 0.1) is 0 Å². The standard InChI is InChI=1S/C8H11NS.ClH/c1-6-4-8-7(5-9-6)2-3-10-8;/h2-3,6,9H,4-5H2,1H3;1H. The van der Waals surface area contributed by atoms with E-state index in [-0.39, 0.29) is 12.4 Å². The van der Waals surface area contributed by atoms with Crippen LogP contribution in [-0.4, -0.2) is 6.04 Å². The van der Waals surface area contributed by atoms with Gasteiger partial charge in [-0.2, -0.15) is 0 Å². The molecule has 0 spiro atoms. The number of thiophene rings is 1. The maximum Gasteiger partial charge on any atom is 0.0219 e. The van der Waals surface area contributed by atoms with Gasteiger partial charge in [0.05, 0.1) is 0 Å². The monoisotopic (exact) mass is 189 g/mol. The fourth-order valence-corrected chi connectivity index (χ4v) is 2.37. The van der Waals surface area contributed by atoms with Gasteiger partial charge in [-0.3, -0.25) is 0 Å². The molecule has 3 heteroatoms. The summed E-state index contributed by atoms with van der Waals surface area (Å²) < 4.78 is 0. The van der Waals surface area contributed by atoms with Crippen LogP contribution in [-0.2, 0) is 13.0 Å². The van der Waals surface area contributed by atoms with Crippen LogP contribution in [0.15, 0.2) is 11.4 Å². The fraction of sp³-hybridized carbons (Fsp3) is 0.500. The lowest BCUT2D eigenvalue weighted by Gasteiger charge is -2.19. The summed E-state index contributed by atoms with van der Waals surface area (Å²) in [4.78, 5) is 1.58. The number of rotatable bonds is 0. The molecule has 0 saturated heterocycles. The molecule has 1 unspecified atom stereocenters. The summed E-state index contributed by atoms with van der Waals surface area (Å²) in [6.07, 6.45) is 1.22. The first kappa shape index (κ1) is 9.04. The van der Waals surface area contributed by atoms with Gasteiger partial charge in [-0.1, -0.05) is 0 Å². The molecule has 1 aliphatic heterocycles. The lowest BCUT2D eigenvalue weighted by Crippen LogP contribution is -2.31. The molecule has 0 radical (unpaired) electrons. The molecule has 1 N–H and O–H groups in total. The fourth-order valence-electron chi connectivity index (χ4n) is 1.34. The first-order chi connectivity index (χ1) is 4.86. The Morgan fingerprint density at radius 2 is 2.45 bits per heavy atom. The Balaban J connectivity index is 0.000000605. The number of halogens is 1. The van der Waals surface area contributed by atoms with Gasteiger partial charge in [-0.25, -0.2) is 0 Å². The summed E-state index contributed by atoms with van der Waals surface area (Å²) in [5, 5.41) is 5.62. The predicted octanol–water partition coefficient (Wildman–Crippen LogP) is 2.20. The Hall–Kier alpha value is -0.0500. The molecule has 11 heavy (non-hydrogen) atoms. The molecule has 1 nitrogen and oxygen atoms in total. The highest BCUT2D eigenvalue weighted by molar-refractivity contribution is 7.10. The van der Waals surface area contributed by atoms with E-state index in [9.17, 15) is 0 Å². The van der Waals surface area contributed by atoms with E-state index in [0.29, 0.717) is 6.04 Å². The first-order valence-electron chi connectivity index (χ1n) is 3.65. The number of fused-ring (bicyclic) bond motifs is 1. The third-order valence-corrected chi connectivity index (χ3v) is 2.96. The van der Waals surface area contributed by atoms with Crippen LogP contribution in [0.25, 0.3) is 0 Å². The van der Waals surface area contributed by atoms with E-state index in [0.717, 1.165) is 6.54 Å². The summed E-state index contributed by atoms with van der Waals surface area (Å²) in [7, 11) is 0. The van der Waals surface area contributed by atoms with Gasteiger partial charge in [0.15, 0.2) is 0 Å². The second kappa shape index (κ2) is 3.57. The normalized spacial score (nSPS) is 22.1. The zero-order chi connectivity index (χ0) is 6.97. The van der Waals surface area contributed by atoms with E-state index in [1.165, 1.54) is 12.0 Å². The highest BCUT2D eigenvalue weighted by Crippen LogP contribution is 2.21. The SMILES string of the molecule is CC1Cc2sccc2CN1.Cl. The molecular formula is C8H12ClNS. The Labute approximate surface area is 77.2 Å². The van der Waals surface area contributed by atoms with Gasteiger partial charge in [0.2, 0.25) is 0 Å². The largest absolute Gasteiger partial charge is 0.310 e. The van der Waals surface area contributed by atoms with Crippen molar-refractivity contribution < 1.29 is 0 Å². The van der Waals surface area contributed by atoms with Gasteiger partial charge in [-0.05, 0) is 30.4 Å². The number of hydrogen-bond donors (Lipinski definition) is 1. The molecule has 0 bridgehead atoms. The Morgan fingerprint density at radius 3 is 3.27 bits per heavy atom. The van der Waals surface area contributed by atoms with E-state index in [4.69, 9.17) is 0 Å². The van der Waals surface area contributed by atoms with Crippen LogP contribution in [0.2, 0.25) is 0 Å². The van der Waals surface area contributed by atoms with Crippen LogP contribution in [0.4, 0.5) is 0 Å². The average Bonchev–Trinajstić information content (AvgIpc) is 2.33. The van der Waals surface area contributed by atoms with Crippen molar-refractivity contribution in [1.29, 1.82) is 0 Å². The van der Waals surface area contributed by atoms with Gasteiger partial charge >= 0.3 is 0 Å². The highest BCUT2D eigenvalue weighted by atomic mass is 35.5. The van der Waals surface area contributed by atoms with E-state index in [2.05, 4.69) is 23.7 Å². The number of hydrogen-bond acceptors (Lipinski definition) is 2. The van der Waals surface area contributed by atoms with Crippen molar-refractivity contribution in [3.05, 3.63) is 21.9 Å². The minimum Gasteiger partial charge on any atom is -0.310 e. The second-order valence-electron chi connectivity index (χ2n) is 2.86. The van der Waals surface area contributed by atoms with Crippen LogP contribution in [0.3, 0.4) is 0 Å². The summed E-state index contributed by atoms with van der Waals surface area (Å²) in [6.45, 7) is 3.31. The molecule has 0 aromatic carbocycles. The quantitative estimate of drug-likeness (QED) is 0.660.